The molecule has 102 valence electrons. The van der Waals surface area contributed by atoms with Gasteiger partial charge in [0.15, 0.2) is 5.65 Å². The van der Waals surface area contributed by atoms with Crippen LogP contribution in [0.3, 0.4) is 0 Å². The highest BCUT2D eigenvalue weighted by atomic mass is 19.1. The number of aromatic nitrogens is 3. The van der Waals surface area contributed by atoms with Crippen LogP contribution in [0.2, 0.25) is 0 Å². The van der Waals surface area contributed by atoms with Crippen LogP contribution in [0.15, 0.2) is 30.3 Å². The molecule has 0 aliphatic carbocycles. The average Bonchev–Trinajstić information content (AvgIpc) is 2.76. The number of nitrogens with zero attached hydrogens (tertiary/aromatic N) is 3. The number of halogens is 1. The van der Waals surface area contributed by atoms with Crippen LogP contribution in [0.25, 0.3) is 16.9 Å². The van der Waals surface area contributed by atoms with Gasteiger partial charge in [0.2, 0.25) is 11.8 Å². The number of fused-ring (bicyclic) bond motifs is 1. The van der Waals surface area contributed by atoms with Crippen LogP contribution >= 0.6 is 0 Å². The first-order valence-corrected chi connectivity index (χ1v) is 6.05. The third-order valence-electron chi connectivity index (χ3n) is 3.06. The Hall–Kier alpha value is -2.63. The lowest BCUT2D eigenvalue weighted by molar-refractivity contribution is 0.399. The van der Waals surface area contributed by atoms with E-state index in [2.05, 4.69) is 9.97 Å². The highest BCUT2D eigenvalue weighted by Gasteiger charge is 2.15. The van der Waals surface area contributed by atoms with E-state index in [1.165, 1.54) is 17.7 Å². The van der Waals surface area contributed by atoms with Gasteiger partial charge in [0.1, 0.15) is 11.3 Å². The second-order valence-corrected chi connectivity index (χ2v) is 4.46. The van der Waals surface area contributed by atoms with Crippen molar-refractivity contribution in [2.45, 2.75) is 6.92 Å². The van der Waals surface area contributed by atoms with Crippen molar-refractivity contribution >= 4 is 17.1 Å². The molecule has 0 bridgehead atoms. The molecule has 0 aliphatic heterocycles. The predicted molar refractivity (Wildman–Crippen MR) is 74.5 cm³/mol. The summed E-state index contributed by atoms with van der Waals surface area (Å²) in [5.41, 5.74) is 8.20. The maximum atomic E-state index is 14.1. The van der Waals surface area contributed by atoms with E-state index in [0.29, 0.717) is 22.7 Å². The Labute approximate surface area is 114 Å². The number of methoxy groups -OCH3 is 1. The Balaban J connectivity index is 2.34. The van der Waals surface area contributed by atoms with E-state index in [1.54, 1.807) is 24.3 Å². The molecule has 0 atom stereocenters. The van der Waals surface area contributed by atoms with Crippen molar-refractivity contribution in [3.8, 4) is 11.6 Å². The zero-order chi connectivity index (χ0) is 14.3. The fourth-order valence-corrected chi connectivity index (χ4v) is 2.10. The molecule has 2 heterocycles. The topological polar surface area (TPSA) is 66.0 Å². The van der Waals surface area contributed by atoms with E-state index in [1.807, 2.05) is 6.92 Å². The number of imidazole rings is 1. The van der Waals surface area contributed by atoms with Crippen molar-refractivity contribution in [2.24, 2.45) is 0 Å². The number of ether oxygens (including phenoxy) is 1. The normalized spacial score (nSPS) is 10.9. The summed E-state index contributed by atoms with van der Waals surface area (Å²) >= 11 is 0. The predicted octanol–water partition coefficient (Wildman–Crippen LogP) is 2.46. The van der Waals surface area contributed by atoms with E-state index < -0.39 is 0 Å². The summed E-state index contributed by atoms with van der Waals surface area (Å²) in [6.45, 7) is 1.88. The van der Waals surface area contributed by atoms with Crippen LogP contribution < -0.4 is 10.5 Å². The van der Waals surface area contributed by atoms with Crippen molar-refractivity contribution < 1.29 is 9.13 Å². The first-order chi connectivity index (χ1) is 9.60. The molecule has 0 spiro atoms. The number of pyridine rings is 1. The highest BCUT2D eigenvalue weighted by molar-refractivity contribution is 5.77. The van der Waals surface area contributed by atoms with Gasteiger partial charge in [0, 0.05) is 6.07 Å². The molecule has 0 saturated heterocycles. The fourth-order valence-electron chi connectivity index (χ4n) is 2.10. The maximum Gasteiger partial charge on any atom is 0.215 e. The Kier molecular flexibility index (Phi) is 2.78. The molecule has 3 aromatic rings. The Bertz CT molecular complexity index is 797. The van der Waals surface area contributed by atoms with Crippen molar-refractivity contribution in [3.63, 3.8) is 0 Å². The Morgan fingerprint density at radius 1 is 1.20 bits per heavy atom. The fraction of sp³-hybridized carbons (Fsp3) is 0.143. The van der Waals surface area contributed by atoms with Gasteiger partial charge >= 0.3 is 0 Å². The lowest BCUT2D eigenvalue weighted by atomic mass is 10.2. The minimum atomic E-state index is -0.383. The molecule has 0 radical (unpaired) electrons. The van der Waals surface area contributed by atoms with Crippen LogP contribution in [-0.4, -0.2) is 21.6 Å². The van der Waals surface area contributed by atoms with Crippen LogP contribution in [-0.2, 0) is 0 Å². The first kappa shape index (κ1) is 12.4. The van der Waals surface area contributed by atoms with E-state index >= 15 is 0 Å². The number of rotatable bonds is 2. The molecular weight excluding hydrogens is 259 g/mol. The summed E-state index contributed by atoms with van der Waals surface area (Å²) in [5, 5.41) is 0. The van der Waals surface area contributed by atoms with Gasteiger partial charge in [0.05, 0.1) is 12.8 Å². The zero-order valence-corrected chi connectivity index (χ0v) is 11.1. The number of hydrogen-bond donors (Lipinski definition) is 1. The van der Waals surface area contributed by atoms with Crippen molar-refractivity contribution in [1.29, 1.82) is 0 Å². The van der Waals surface area contributed by atoms with Crippen molar-refractivity contribution in [3.05, 3.63) is 41.7 Å². The molecule has 0 aliphatic rings. The largest absolute Gasteiger partial charge is 0.481 e. The Morgan fingerprint density at radius 2 is 2.00 bits per heavy atom. The standard InChI is InChI=1S/C14H13FN4O/c1-8-3-4-9(15)11(7-8)19-13-10(17-14(19)16)5-6-12(18-13)20-2/h3-7H,1-2H3,(H2,16,17). The average molecular weight is 272 g/mol. The lowest BCUT2D eigenvalue weighted by Gasteiger charge is -2.08. The van der Waals surface area contributed by atoms with Crippen LogP contribution in [0.4, 0.5) is 10.3 Å². The number of aryl methyl sites for hydroxylation is 1. The SMILES string of the molecule is COc1ccc2nc(N)n(-c3cc(C)ccc3F)c2n1. The summed E-state index contributed by atoms with van der Waals surface area (Å²) in [6.07, 6.45) is 0. The number of anilines is 1. The highest BCUT2D eigenvalue weighted by Crippen LogP contribution is 2.25. The van der Waals surface area contributed by atoms with E-state index in [4.69, 9.17) is 10.5 Å². The van der Waals surface area contributed by atoms with Gasteiger partial charge in [-0.1, -0.05) is 6.07 Å². The second-order valence-electron chi connectivity index (χ2n) is 4.46. The van der Waals surface area contributed by atoms with E-state index in [0.717, 1.165) is 5.56 Å². The first-order valence-electron chi connectivity index (χ1n) is 6.05. The molecule has 0 saturated carbocycles. The Morgan fingerprint density at radius 3 is 2.75 bits per heavy atom. The minimum absolute atomic E-state index is 0.185. The van der Waals surface area contributed by atoms with Crippen molar-refractivity contribution in [2.75, 3.05) is 12.8 Å². The molecule has 5 nitrogen and oxygen atoms in total. The molecule has 3 rings (SSSR count). The number of nitrogens with two attached hydrogens (primary N) is 1. The molecule has 0 fully saturated rings. The van der Waals surface area contributed by atoms with Crippen molar-refractivity contribution in [1.82, 2.24) is 14.5 Å². The van der Waals surface area contributed by atoms with Gasteiger partial charge in [0.25, 0.3) is 0 Å². The zero-order valence-electron chi connectivity index (χ0n) is 11.1. The summed E-state index contributed by atoms with van der Waals surface area (Å²) in [6, 6.07) is 8.22. The monoisotopic (exact) mass is 272 g/mol. The van der Waals surface area contributed by atoms with Crippen LogP contribution in [0.5, 0.6) is 5.88 Å². The second kappa shape index (κ2) is 4.48. The third-order valence-corrected chi connectivity index (χ3v) is 3.06. The lowest BCUT2D eigenvalue weighted by Crippen LogP contribution is -2.04. The molecule has 0 unspecified atom stereocenters. The molecule has 2 aromatic heterocycles. The van der Waals surface area contributed by atoms with Gasteiger partial charge in [-0.25, -0.2) is 9.37 Å². The molecule has 0 amide bonds. The van der Waals surface area contributed by atoms with Crippen LogP contribution in [0, 0.1) is 12.7 Å². The third kappa shape index (κ3) is 1.85. The number of nitrogen functional groups attached to an aromatic ring is 1. The quantitative estimate of drug-likeness (QED) is 0.778. The minimum Gasteiger partial charge on any atom is -0.481 e. The summed E-state index contributed by atoms with van der Waals surface area (Å²) in [4.78, 5) is 8.48. The molecule has 6 heteroatoms. The van der Waals surface area contributed by atoms with Crippen LogP contribution in [0.1, 0.15) is 5.56 Å². The summed E-state index contributed by atoms with van der Waals surface area (Å²) < 4.78 is 20.6. The number of benzene rings is 1. The summed E-state index contributed by atoms with van der Waals surface area (Å²) in [7, 11) is 1.52. The van der Waals surface area contributed by atoms with Gasteiger partial charge in [-0.05, 0) is 30.7 Å². The van der Waals surface area contributed by atoms with E-state index in [9.17, 15) is 4.39 Å². The molecule has 20 heavy (non-hydrogen) atoms. The summed E-state index contributed by atoms with van der Waals surface area (Å²) in [5.74, 6) is 0.225. The van der Waals surface area contributed by atoms with Gasteiger partial charge in [-0.15, -0.1) is 0 Å². The van der Waals surface area contributed by atoms with Gasteiger partial charge < -0.3 is 10.5 Å². The van der Waals surface area contributed by atoms with Gasteiger partial charge in [-0.2, -0.15) is 4.98 Å². The number of hydrogen-bond acceptors (Lipinski definition) is 4. The smallest absolute Gasteiger partial charge is 0.215 e. The maximum absolute atomic E-state index is 14.1. The van der Waals surface area contributed by atoms with Gasteiger partial charge in [-0.3, -0.25) is 4.57 Å². The molecule has 2 N–H and O–H groups in total. The molecule has 1 aromatic carbocycles. The van der Waals surface area contributed by atoms with E-state index in [-0.39, 0.29) is 11.8 Å². The molecular formula is C14H13FN4O.